The van der Waals surface area contributed by atoms with Crippen LogP contribution in [0.25, 0.3) is 33.5 Å². The molecule has 0 bridgehead atoms. The summed E-state index contributed by atoms with van der Waals surface area (Å²) < 4.78 is 11.0. The predicted molar refractivity (Wildman–Crippen MR) is 136 cm³/mol. The van der Waals surface area contributed by atoms with Gasteiger partial charge < -0.3 is 14.2 Å². The zero-order valence-corrected chi connectivity index (χ0v) is 19.3. The van der Waals surface area contributed by atoms with Crippen LogP contribution in [0, 0.1) is 0 Å². The molecule has 2 N–H and O–H groups in total. The standard InChI is InChI=1S/C29H25N3O3/c1-18(19-5-3-2-4-6-19)34-29(33)32-27-17-30-35-28(27)22-11-9-21(10-12-22)25-16-24-14-13-23(20-7-8-20)15-26(24)31-25/h2-6,9-18,20,31H,7-8H2,1H3,(H,32,33). The van der Waals surface area contributed by atoms with E-state index < -0.39 is 6.09 Å². The van der Waals surface area contributed by atoms with Gasteiger partial charge in [0.1, 0.15) is 11.8 Å². The normalized spacial score (nSPS) is 14.1. The second kappa shape index (κ2) is 8.80. The summed E-state index contributed by atoms with van der Waals surface area (Å²) in [6.45, 7) is 1.83. The first kappa shape index (κ1) is 21.2. The van der Waals surface area contributed by atoms with E-state index in [0.717, 1.165) is 28.3 Å². The van der Waals surface area contributed by atoms with Crippen LogP contribution >= 0.6 is 0 Å². The molecule has 35 heavy (non-hydrogen) atoms. The van der Waals surface area contributed by atoms with Crippen LogP contribution in [-0.4, -0.2) is 16.2 Å². The lowest BCUT2D eigenvalue weighted by atomic mass is 10.1. The van der Waals surface area contributed by atoms with Gasteiger partial charge in [-0.2, -0.15) is 0 Å². The van der Waals surface area contributed by atoms with Crippen LogP contribution in [0.15, 0.2) is 89.6 Å². The molecule has 0 spiro atoms. The Morgan fingerprint density at radius 3 is 2.57 bits per heavy atom. The molecule has 6 nitrogen and oxygen atoms in total. The lowest BCUT2D eigenvalue weighted by Crippen LogP contribution is -2.16. The van der Waals surface area contributed by atoms with Gasteiger partial charge in [0.2, 0.25) is 0 Å². The average molecular weight is 464 g/mol. The van der Waals surface area contributed by atoms with Crippen molar-refractivity contribution in [2.45, 2.75) is 31.8 Å². The van der Waals surface area contributed by atoms with Crippen molar-refractivity contribution in [1.29, 1.82) is 0 Å². The number of hydrogen-bond acceptors (Lipinski definition) is 4. The molecular formula is C29H25N3O3. The number of fused-ring (bicyclic) bond motifs is 1. The predicted octanol–water partition coefficient (Wildman–Crippen LogP) is 7.68. The largest absolute Gasteiger partial charge is 0.441 e. The fraction of sp³-hybridized carbons (Fsp3) is 0.172. The number of ether oxygens (including phenoxy) is 1. The molecule has 0 radical (unpaired) electrons. The van der Waals surface area contributed by atoms with E-state index in [1.807, 2.05) is 61.5 Å². The van der Waals surface area contributed by atoms with E-state index in [9.17, 15) is 4.79 Å². The number of nitrogens with one attached hydrogen (secondary N) is 2. The number of hydrogen-bond donors (Lipinski definition) is 2. The summed E-state index contributed by atoms with van der Waals surface area (Å²) in [6, 6.07) is 26.5. The third-order valence-corrected chi connectivity index (χ3v) is 6.51. The van der Waals surface area contributed by atoms with Crippen LogP contribution in [0.2, 0.25) is 0 Å². The Morgan fingerprint density at radius 2 is 1.80 bits per heavy atom. The number of benzene rings is 3. The van der Waals surface area contributed by atoms with E-state index in [4.69, 9.17) is 9.26 Å². The summed E-state index contributed by atoms with van der Waals surface area (Å²) in [7, 11) is 0. The van der Waals surface area contributed by atoms with Crippen molar-refractivity contribution in [2.24, 2.45) is 0 Å². The maximum Gasteiger partial charge on any atom is 0.412 e. The van der Waals surface area contributed by atoms with Crippen molar-refractivity contribution in [1.82, 2.24) is 10.1 Å². The molecule has 1 aliphatic rings. The van der Waals surface area contributed by atoms with Gasteiger partial charge in [-0.05, 0) is 54.5 Å². The number of rotatable bonds is 6. The summed E-state index contributed by atoms with van der Waals surface area (Å²) in [5.41, 5.74) is 6.91. The Morgan fingerprint density at radius 1 is 1.03 bits per heavy atom. The maximum absolute atomic E-state index is 12.5. The monoisotopic (exact) mass is 463 g/mol. The highest BCUT2D eigenvalue weighted by atomic mass is 16.6. The average Bonchev–Trinajstić information content (AvgIpc) is 3.49. The van der Waals surface area contributed by atoms with E-state index in [2.05, 4.69) is 39.7 Å². The van der Waals surface area contributed by atoms with Crippen molar-refractivity contribution in [3.8, 4) is 22.6 Å². The highest BCUT2D eigenvalue weighted by molar-refractivity contribution is 5.90. The smallest absolute Gasteiger partial charge is 0.412 e. The van der Waals surface area contributed by atoms with Crippen molar-refractivity contribution >= 4 is 22.7 Å². The highest BCUT2D eigenvalue weighted by Gasteiger charge is 2.23. The van der Waals surface area contributed by atoms with E-state index in [-0.39, 0.29) is 6.10 Å². The Bertz CT molecular complexity index is 1480. The Labute approximate surface area is 202 Å². The van der Waals surface area contributed by atoms with E-state index >= 15 is 0 Å². The third-order valence-electron chi connectivity index (χ3n) is 6.51. The first-order chi connectivity index (χ1) is 17.1. The van der Waals surface area contributed by atoms with E-state index in [0.29, 0.717) is 11.4 Å². The number of nitrogens with zero attached hydrogens (tertiary/aromatic N) is 1. The Hall–Kier alpha value is -4.32. The van der Waals surface area contributed by atoms with E-state index in [1.165, 1.54) is 35.5 Å². The molecule has 1 aliphatic carbocycles. The van der Waals surface area contributed by atoms with Gasteiger partial charge in [-0.3, -0.25) is 5.32 Å². The molecule has 0 saturated heterocycles. The van der Waals surface area contributed by atoms with Crippen molar-refractivity contribution in [3.63, 3.8) is 0 Å². The second-order valence-corrected chi connectivity index (χ2v) is 9.03. The van der Waals surface area contributed by atoms with Gasteiger partial charge in [-0.15, -0.1) is 0 Å². The number of aromatic amines is 1. The van der Waals surface area contributed by atoms with E-state index in [1.54, 1.807) is 0 Å². The lowest BCUT2D eigenvalue weighted by Gasteiger charge is -2.13. The number of amides is 1. The van der Waals surface area contributed by atoms with Crippen LogP contribution in [0.1, 0.15) is 42.9 Å². The molecule has 3 aromatic carbocycles. The molecule has 1 amide bonds. The van der Waals surface area contributed by atoms with Crippen LogP contribution < -0.4 is 5.32 Å². The number of anilines is 1. The first-order valence-electron chi connectivity index (χ1n) is 11.8. The molecule has 2 aromatic heterocycles. The molecule has 1 atom stereocenters. The number of carbonyl (C=O) groups excluding carboxylic acids is 1. The van der Waals surface area contributed by atoms with Crippen LogP contribution in [0.4, 0.5) is 10.5 Å². The lowest BCUT2D eigenvalue weighted by molar-refractivity contribution is 0.121. The molecule has 5 aromatic rings. The first-order valence-corrected chi connectivity index (χ1v) is 11.8. The van der Waals surface area contributed by atoms with Crippen molar-refractivity contribution < 1.29 is 14.1 Å². The minimum Gasteiger partial charge on any atom is -0.441 e. The second-order valence-electron chi connectivity index (χ2n) is 9.03. The van der Waals surface area contributed by atoms with Gasteiger partial charge in [0.25, 0.3) is 0 Å². The SMILES string of the molecule is CC(OC(=O)Nc1cnoc1-c1ccc(-c2cc3ccc(C4CC4)cc3[nH]2)cc1)c1ccccc1. The quantitative estimate of drug-likeness (QED) is 0.271. The summed E-state index contributed by atoms with van der Waals surface area (Å²) in [5, 5.41) is 7.83. The van der Waals surface area contributed by atoms with Gasteiger partial charge in [0.15, 0.2) is 5.76 Å². The van der Waals surface area contributed by atoms with Gasteiger partial charge in [0.05, 0.1) is 6.20 Å². The molecule has 1 fully saturated rings. The number of aromatic nitrogens is 2. The molecule has 6 heteroatoms. The van der Waals surface area contributed by atoms with Crippen molar-refractivity contribution in [3.05, 3.63) is 96.2 Å². The third kappa shape index (κ3) is 4.43. The zero-order valence-electron chi connectivity index (χ0n) is 19.3. The Kier molecular flexibility index (Phi) is 5.34. The number of carbonyl (C=O) groups is 1. The summed E-state index contributed by atoms with van der Waals surface area (Å²) >= 11 is 0. The molecule has 0 aliphatic heterocycles. The minimum atomic E-state index is -0.564. The molecule has 2 heterocycles. The highest BCUT2D eigenvalue weighted by Crippen LogP contribution is 2.41. The van der Waals surface area contributed by atoms with Crippen LogP contribution in [0.5, 0.6) is 0 Å². The maximum atomic E-state index is 12.5. The Balaban J connectivity index is 1.17. The minimum absolute atomic E-state index is 0.379. The summed E-state index contributed by atoms with van der Waals surface area (Å²) in [5.74, 6) is 1.21. The zero-order chi connectivity index (χ0) is 23.8. The molecule has 1 saturated carbocycles. The van der Waals surface area contributed by atoms with Crippen molar-refractivity contribution in [2.75, 3.05) is 5.32 Å². The van der Waals surface area contributed by atoms with Gasteiger partial charge in [-0.1, -0.05) is 71.9 Å². The molecule has 174 valence electrons. The fourth-order valence-electron chi connectivity index (χ4n) is 4.40. The van der Waals surface area contributed by atoms with Crippen LogP contribution in [0.3, 0.4) is 0 Å². The van der Waals surface area contributed by atoms with Gasteiger partial charge in [-0.25, -0.2) is 4.79 Å². The molecular weight excluding hydrogens is 438 g/mol. The fourth-order valence-corrected chi connectivity index (χ4v) is 4.40. The van der Waals surface area contributed by atoms with Gasteiger partial charge in [0, 0.05) is 22.2 Å². The van der Waals surface area contributed by atoms with Crippen LogP contribution in [-0.2, 0) is 4.74 Å². The topological polar surface area (TPSA) is 80.2 Å². The summed E-state index contributed by atoms with van der Waals surface area (Å²) in [4.78, 5) is 16.0. The molecule has 6 rings (SSSR count). The molecule has 1 unspecified atom stereocenters. The number of H-pyrrole nitrogens is 1. The summed E-state index contributed by atoms with van der Waals surface area (Å²) in [6.07, 6.45) is 3.12. The van der Waals surface area contributed by atoms with Gasteiger partial charge >= 0.3 is 6.09 Å².